The van der Waals surface area contributed by atoms with Gasteiger partial charge < -0.3 is 4.90 Å². The number of nitrogens with zero attached hydrogens (tertiary/aromatic N) is 4. The Morgan fingerprint density at radius 1 is 1.33 bits per heavy atom. The highest BCUT2D eigenvalue weighted by Gasteiger charge is 2.11. The van der Waals surface area contributed by atoms with Crippen molar-refractivity contribution in [2.75, 3.05) is 19.4 Å². The molecule has 0 radical (unpaired) electrons. The van der Waals surface area contributed by atoms with Crippen LogP contribution in [0, 0.1) is 0 Å². The van der Waals surface area contributed by atoms with Crippen LogP contribution in [0.4, 0.5) is 5.95 Å². The third-order valence-corrected chi connectivity index (χ3v) is 3.54. The van der Waals surface area contributed by atoms with E-state index >= 15 is 0 Å². The van der Waals surface area contributed by atoms with Gasteiger partial charge in [-0.2, -0.15) is 0 Å². The molecule has 0 saturated heterocycles. The Morgan fingerprint density at radius 3 is 2.71 bits per heavy atom. The Balaban J connectivity index is 2.03. The van der Waals surface area contributed by atoms with Crippen LogP contribution in [0.1, 0.15) is 12.5 Å². The maximum Gasteiger partial charge on any atom is 0.253 e. The fourth-order valence-corrected chi connectivity index (χ4v) is 1.99. The Bertz CT molecular complexity index is 782. The molecule has 1 aromatic carbocycles. The molecule has 1 heterocycles. The molecule has 2 amide bonds. The number of aromatic nitrogens is 3. The molecule has 8 heteroatoms. The molecular weight excluding hydrogens is 330 g/mol. The summed E-state index contributed by atoms with van der Waals surface area (Å²) in [6.45, 7) is 1.73. The molecule has 1 aromatic heterocycles. The zero-order chi connectivity index (χ0) is 17.7. The van der Waals surface area contributed by atoms with Crippen LogP contribution in [0.5, 0.6) is 0 Å². The average molecular weight is 348 g/mol. The van der Waals surface area contributed by atoms with Crippen molar-refractivity contribution in [2.24, 2.45) is 0 Å². The van der Waals surface area contributed by atoms with Crippen LogP contribution in [0.2, 0.25) is 5.02 Å². The molecule has 1 N–H and O–H groups in total. The lowest BCUT2D eigenvalue weighted by Gasteiger charge is -2.09. The highest BCUT2D eigenvalue weighted by Crippen LogP contribution is 2.18. The van der Waals surface area contributed by atoms with E-state index in [0.29, 0.717) is 10.6 Å². The van der Waals surface area contributed by atoms with E-state index in [4.69, 9.17) is 11.6 Å². The molecule has 0 atom stereocenters. The Hall–Kier alpha value is -2.67. The number of anilines is 1. The van der Waals surface area contributed by atoms with Gasteiger partial charge in [0.25, 0.3) is 5.91 Å². The SMILES string of the molecule is C/C(=C\c1ccccc1Cl)C(=O)Nc1ncn(CC(=O)N(C)C)n1. The summed E-state index contributed by atoms with van der Waals surface area (Å²) < 4.78 is 1.37. The zero-order valence-corrected chi connectivity index (χ0v) is 14.4. The second-order valence-corrected chi connectivity index (χ2v) is 5.76. The van der Waals surface area contributed by atoms with E-state index in [0.717, 1.165) is 5.56 Å². The van der Waals surface area contributed by atoms with Gasteiger partial charge in [0, 0.05) is 24.7 Å². The van der Waals surface area contributed by atoms with E-state index < -0.39 is 0 Å². The number of amides is 2. The number of likely N-dealkylation sites (N-methyl/N-ethyl adjacent to an activating group) is 1. The average Bonchev–Trinajstić information content (AvgIpc) is 2.96. The van der Waals surface area contributed by atoms with Crippen LogP contribution in [0.15, 0.2) is 36.2 Å². The van der Waals surface area contributed by atoms with Gasteiger partial charge in [-0.15, -0.1) is 5.10 Å². The molecule has 0 aliphatic rings. The molecule has 0 fully saturated rings. The largest absolute Gasteiger partial charge is 0.347 e. The third-order valence-electron chi connectivity index (χ3n) is 3.19. The molecule has 0 unspecified atom stereocenters. The number of carbonyl (C=O) groups excluding carboxylic acids is 2. The summed E-state index contributed by atoms with van der Waals surface area (Å²) >= 11 is 6.07. The lowest BCUT2D eigenvalue weighted by molar-refractivity contribution is -0.129. The molecule has 0 spiro atoms. The fraction of sp³-hybridized carbons (Fsp3) is 0.250. The van der Waals surface area contributed by atoms with Crippen LogP contribution in [-0.4, -0.2) is 45.6 Å². The molecule has 0 aliphatic carbocycles. The van der Waals surface area contributed by atoms with Crippen molar-refractivity contribution in [1.82, 2.24) is 19.7 Å². The predicted molar refractivity (Wildman–Crippen MR) is 92.4 cm³/mol. The van der Waals surface area contributed by atoms with Gasteiger partial charge in [-0.3, -0.25) is 14.9 Å². The molecule has 2 rings (SSSR count). The normalized spacial score (nSPS) is 11.2. The first-order valence-electron chi connectivity index (χ1n) is 7.20. The highest BCUT2D eigenvalue weighted by molar-refractivity contribution is 6.32. The first-order chi connectivity index (χ1) is 11.4. The van der Waals surface area contributed by atoms with Crippen LogP contribution >= 0.6 is 11.6 Å². The lowest BCUT2D eigenvalue weighted by Crippen LogP contribution is -2.26. The molecule has 24 heavy (non-hydrogen) atoms. The van der Waals surface area contributed by atoms with Crippen molar-refractivity contribution in [3.63, 3.8) is 0 Å². The summed E-state index contributed by atoms with van der Waals surface area (Å²) in [5.41, 5.74) is 1.21. The Morgan fingerprint density at radius 2 is 2.04 bits per heavy atom. The summed E-state index contributed by atoms with van der Waals surface area (Å²) in [5, 5.41) is 7.20. The van der Waals surface area contributed by atoms with E-state index in [1.165, 1.54) is 15.9 Å². The van der Waals surface area contributed by atoms with Gasteiger partial charge >= 0.3 is 0 Å². The first-order valence-corrected chi connectivity index (χ1v) is 7.58. The van der Waals surface area contributed by atoms with Gasteiger partial charge in [-0.25, -0.2) is 9.67 Å². The van der Waals surface area contributed by atoms with E-state index in [1.54, 1.807) is 33.2 Å². The minimum Gasteiger partial charge on any atom is -0.347 e. The van der Waals surface area contributed by atoms with Gasteiger partial charge in [0.2, 0.25) is 11.9 Å². The predicted octanol–water partition coefficient (Wildman–Crippen LogP) is 2.06. The zero-order valence-electron chi connectivity index (χ0n) is 13.7. The second-order valence-electron chi connectivity index (χ2n) is 5.36. The van der Waals surface area contributed by atoms with E-state index in [2.05, 4.69) is 15.4 Å². The van der Waals surface area contributed by atoms with Crippen LogP contribution < -0.4 is 5.32 Å². The van der Waals surface area contributed by atoms with Crippen molar-refractivity contribution in [1.29, 1.82) is 0 Å². The number of benzene rings is 1. The molecule has 0 aliphatic heterocycles. The van der Waals surface area contributed by atoms with Crippen molar-refractivity contribution in [3.8, 4) is 0 Å². The topological polar surface area (TPSA) is 80.1 Å². The number of hydrogen-bond donors (Lipinski definition) is 1. The van der Waals surface area contributed by atoms with E-state index in [1.807, 2.05) is 18.2 Å². The summed E-state index contributed by atoms with van der Waals surface area (Å²) in [5.74, 6) is -0.322. The minimum atomic E-state index is -0.341. The fourth-order valence-electron chi connectivity index (χ4n) is 1.80. The second kappa shape index (κ2) is 7.74. The summed E-state index contributed by atoms with van der Waals surface area (Å²) in [4.78, 5) is 29.2. The van der Waals surface area contributed by atoms with Gasteiger partial charge in [-0.1, -0.05) is 29.8 Å². The first kappa shape index (κ1) is 17.7. The summed E-state index contributed by atoms with van der Waals surface area (Å²) in [6, 6.07) is 7.23. The van der Waals surface area contributed by atoms with Gasteiger partial charge in [0.05, 0.1) is 0 Å². The smallest absolute Gasteiger partial charge is 0.253 e. The number of nitrogens with one attached hydrogen (secondary N) is 1. The number of hydrogen-bond acceptors (Lipinski definition) is 4. The third kappa shape index (κ3) is 4.66. The Kier molecular flexibility index (Phi) is 5.70. The summed E-state index contributed by atoms with van der Waals surface area (Å²) in [7, 11) is 3.32. The molecule has 7 nitrogen and oxygen atoms in total. The monoisotopic (exact) mass is 347 g/mol. The van der Waals surface area contributed by atoms with E-state index in [9.17, 15) is 9.59 Å². The van der Waals surface area contributed by atoms with Crippen LogP contribution in [-0.2, 0) is 16.1 Å². The van der Waals surface area contributed by atoms with Crippen molar-refractivity contribution in [2.45, 2.75) is 13.5 Å². The maximum absolute atomic E-state index is 12.2. The number of halogens is 1. The van der Waals surface area contributed by atoms with Crippen molar-refractivity contribution >= 4 is 35.4 Å². The quantitative estimate of drug-likeness (QED) is 0.839. The van der Waals surface area contributed by atoms with Crippen molar-refractivity contribution in [3.05, 3.63) is 46.8 Å². The Labute approximate surface area is 144 Å². The molecule has 126 valence electrons. The van der Waals surface area contributed by atoms with Crippen molar-refractivity contribution < 1.29 is 9.59 Å². The van der Waals surface area contributed by atoms with Gasteiger partial charge in [-0.05, 0) is 24.6 Å². The number of carbonyl (C=O) groups is 2. The minimum absolute atomic E-state index is 0.0598. The van der Waals surface area contributed by atoms with Gasteiger partial charge in [0.1, 0.15) is 12.9 Å². The maximum atomic E-state index is 12.2. The van der Waals surface area contributed by atoms with Crippen LogP contribution in [0.25, 0.3) is 6.08 Å². The standard InChI is InChI=1S/C16H18ClN5O2/c1-11(8-12-6-4-5-7-13(12)17)15(24)19-16-18-10-22(20-16)9-14(23)21(2)3/h4-8,10H,9H2,1-3H3,(H,19,20,24)/b11-8+. The van der Waals surface area contributed by atoms with E-state index in [-0.39, 0.29) is 24.3 Å². The van der Waals surface area contributed by atoms with Crippen LogP contribution in [0.3, 0.4) is 0 Å². The molecule has 2 aromatic rings. The lowest BCUT2D eigenvalue weighted by atomic mass is 10.1. The number of rotatable bonds is 5. The molecule has 0 saturated carbocycles. The van der Waals surface area contributed by atoms with Gasteiger partial charge in [0.15, 0.2) is 0 Å². The highest BCUT2D eigenvalue weighted by atomic mass is 35.5. The summed E-state index contributed by atoms with van der Waals surface area (Å²) in [6.07, 6.45) is 3.08. The molecule has 0 bridgehead atoms. The molecular formula is C16H18ClN5O2.